The molecule has 0 amide bonds. The van der Waals surface area contributed by atoms with E-state index in [1.165, 1.54) is 11.3 Å². The highest BCUT2D eigenvalue weighted by atomic mass is 32.1. The van der Waals surface area contributed by atoms with Gasteiger partial charge in [-0.3, -0.25) is 0 Å². The second-order valence-corrected chi connectivity index (χ2v) is 3.55. The normalized spacial score (nSPS) is 9.46. The lowest BCUT2D eigenvalue weighted by molar-refractivity contribution is 0.0702. The molecule has 0 aliphatic rings. The maximum absolute atomic E-state index is 10.5. The van der Waals surface area contributed by atoms with Gasteiger partial charge in [0.25, 0.3) is 0 Å². The van der Waals surface area contributed by atoms with Crippen molar-refractivity contribution in [2.75, 3.05) is 6.54 Å². The molecular formula is C9H9NO2S. The van der Waals surface area contributed by atoms with Gasteiger partial charge in [-0.15, -0.1) is 17.8 Å². The summed E-state index contributed by atoms with van der Waals surface area (Å²) in [6.45, 7) is 1.13. The van der Waals surface area contributed by atoms with E-state index >= 15 is 0 Å². The highest BCUT2D eigenvalue weighted by molar-refractivity contribution is 7.13. The lowest BCUT2D eigenvalue weighted by Gasteiger charge is -1.95. The molecule has 3 nitrogen and oxygen atoms in total. The van der Waals surface area contributed by atoms with E-state index in [0.29, 0.717) is 18.0 Å². The maximum atomic E-state index is 10.5. The second kappa shape index (κ2) is 4.65. The van der Waals surface area contributed by atoms with Crippen LogP contribution in [0, 0.1) is 12.3 Å². The van der Waals surface area contributed by atoms with Crippen LogP contribution in [0.3, 0.4) is 0 Å². The smallest absolute Gasteiger partial charge is 0.345 e. The molecule has 0 aromatic carbocycles. The third-order valence-electron chi connectivity index (χ3n) is 1.40. The first-order valence-corrected chi connectivity index (χ1v) is 4.52. The zero-order valence-corrected chi connectivity index (χ0v) is 7.73. The molecule has 1 aromatic heterocycles. The molecule has 0 radical (unpaired) electrons. The Morgan fingerprint density at radius 2 is 2.46 bits per heavy atom. The Morgan fingerprint density at radius 1 is 1.69 bits per heavy atom. The molecule has 0 bridgehead atoms. The van der Waals surface area contributed by atoms with Crippen LogP contribution < -0.4 is 5.32 Å². The van der Waals surface area contributed by atoms with E-state index in [9.17, 15) is 4.79 Å². The lowest BCUT2D eigenvalue weighted by atomic mass is 10.4. The van der Waals surface area contributed by atoms with E-state index in [2.05, 4.69) is 11.2 Å². The van der Waals surface area contributed by atoms with Gasteiger partial charge in [0.15, 0.2) is 0 Å². The number of rotatable bonds is 4. The van der Waals surface area contributed by atoms with Crippen LogP contribution in [0.15, 0.2) is 12.1 Å². The van der Waals surface area contributed by atoms with E-state index in [0.717, 1.165) is 4.88 Å². The average molecular weight is 195 g/mol. The lowest BCUT2D eigenvalue weighted by Crippen LogP contribution is -2.11. The summed E-state index contributed by atoms with van der Waals surface area (Å²) >= 11 is 1.26. The topological polar surface area (TPSA) is 49.3 Å². The van der Waals surface area contributed by atoms with Gasteiger partial charge in [-0.1, -0.05) is 5.92 Å². The summed E-state index contributed by atoms with van der Waals surface area (Å²) in [5, 5.41) is 11.6. The second-order valence-electron chi connectivity index (χ2n) is 2.38. The number of carboxylic acids is 1. The van der Waals surface area contributed by atoms with Gasteiger partial charge in [-0.05, 0) is 12.1 Å². The van der Waals surface area contributed by atoms with E-state index < -0.39 is 5.97 Å². The fourth-order valence-electron chi connectivity index (χ4n) is 0.846. The molecule has 68 valence electrons. The molecule has 0 unspecified atom stereocenters. The van der Waals surface area contributed by atoms with Crippen LogP contribution in [0.1, 0.15) is 14.5 Å². The fraction of sp³-hybridized carbons (Fsp3) is 0.222. The van der Waals surface area contributed by atoms with Crippen molar-refractivity contribution in [2.45, 2.75) is 6.54 Å². The molecule has 0 atom stereocenters. The van der Waals surface area contributed by atoms with E-state index in [1.54, 1.807) is 12.1 Å². The first-order chi connectivity index (χ1) is 6.24. The highest BCUT2D eigenvalue weighted by Gasteiger charge is 2.05. The van der Waals surface area contributed by atoms with Crippen molar-refractivity contribution in [2.24, 2.45) is 0 Å². The first-order valence-electron chi connectivity index (χ1n) is 3.70. The predicted molar refractivity (Wildman–Crippen MR) is 51.8 cm³/mol. The predicted octanol–water partition coefficient (Wildman–Crippen LogP) is 1.17. The molecule has 2 N–H and O–H groups in total. The Morgan fingerprint density at radius 3 is 3.00 bits per heavy atom. The van der Waals surface area contributed by atoms with Gasteiger partial charge >= 0.3 is 5.97 Å². The number of carbonyl (C=O) groups is 1. The summed E-state index contributed by atoms with van der Waals surface area (Å²) in [6, 6.07) is 3.39. The minimum absolute atomic E-state index is 0.359. The molecule has 0 aliphatic heterocycles. The quantitative estimate of drug-likeness (QED) is 0.560. The summed E-state index contributed by atoms with van der Waals surface area (Å²) in [7, 11) is 0. The fourth-order valence-corrected chi connectivity index (χ4v) is 1.66. The Balaban J connectivity index is 2.50. The monoisotopic (exact) mass is 195 g/mol. The van der Waals surface area contributed by atoms with Crippen LogP contribution in [0.2, 0.25) is 0 Å². The summed E-state index contributed by atoms with van der Waals surface area (Å²) < 4.78 is 0. The van der Waals surface area contributed by atoms with Crippen molar-refractivity contribution in [3.05, 3.63) is 21.9 Å². The van der Waals surface area contributed by atoms with Crippen molar-refractivity contribution in [1.29, 1.82) is 0 Å². The first kappa shape index (κ1) is 9.78. The average Bonchev–Trinajstić information content (AvgIpc) is 2.53. The molecule has 1 heterocycles. The molecule has 0 fully saturated rings. The van der Waals surface area contributed by atoms with Crippen molar-refractivity contribution in [3.63, 3.8) is 0 Å². The molecule has 4 heteroatoms. The van der Waals surface area contributed by atoms with Gasteiger partial charge in [0.05, 0.1) is 6.54 Å². The Bertz CT molecular complexity index is 338. The van der Waals surface area contributed by atoms with Gasteiger partial charge in [0.2, 0.25) is 0 Å². The Hall–Kier alpha value is -1.31. The van der Waals surface area contributed by atoms with Crippen LogP contribution in [-0.4, -0.2) is 17.6 Å². The van der Waals surface area contributed by atoms with Crippen molar-refractivity contribution in [3.8, 4) is 12.3 Å². The van der Waals surface area contributed by atoms with Crippen molar-refractivity contribution in [1.82, 2.24) is 5.32 Å². The summed E-state index contributed by atoms with van der Waals surface area (Å²) in [4.78, 5) is 11.8. The number of thiophene rings is 1. The van der Waals surface area contributed by atoms with Gasteiger partial charge in [-0.25, -0.2) is 4.79 Å². The third kappa shape index (κ3) is 2.90. The van der Waals surface area contributed by atoms with E-state index in [-0.39, 0.29) is 0 Å². The number of terminal acetylenes is 1. The minimum Gasteiger partial charge on any atom is -0.477 e. The Kier molecular flexibility index (Phi) is 3.50. The molecule has 0 spiro atoms. The standard InChI is InChI=1S/C9H9NO2S/c1-2-5-10-6-7-3-4-8(13-7)9(11)12/h1,3-4,10H,5-6H2,(H,11,12). The molecule has 13 heavy (non-hydrogen) atoms. The van der Waals surface area contributed by atoms with Gasteiger partial charge in [0.1, 0.15) is 4.88 Å². The number of aromatic carboxylic acids is 1. The minimum atomic E-state index is -0.881. The summed E-state index contributed by atoms with van der Waals surface area (Å²) in [5.41, 5.74) is 0. The summed E-state index contributed by atoms with van der Waals surface area (Å²) in [5.74, 6) is 1.56. The molecule has 1 aromatic rings. The van der Waals surface area contributed by atoms with Crippen LogP contribution >= 0.6 is 11.3 Å². The summed E-state index contributed by atoms with van der Waals surface area (Å²) in [6.07, 6.45) is 5.04. The van der Waals surface area contributed by atoms with Crippen LogP contribution in [0.5, 0.6) is 0 Å². The van der Waals surface area contributed by atoms with Gasteiger partial charge in [-0.2, -0.15) is 0 Å². The SMILES string of the molecule is C#CCNCc1ccc(C(=O)O)s1. The van der Waals surface area contributed by atoms with E-state index in [1.807, 2.05) is 0 Å². The number of nitrogens with one attached hydrogen (secondary N) is 1. The van der Waals surface area contributed by atoms with Crippen LogP contribution in [0.25, 0.3) is 0 Å². The zero-order chi connectivity index (χ0) is 9.68. The molecule has 0 aliphatic carbocycles. The van der Waals surface area contributed by atoms with Crippen molar-refractivity contribution >= 4 is 17.3 Å². The number of carboxylic acid groups (broad SMARTS) is 1. The molecule has 1 rings (SSSR count). The van der Waals surface area contributed by atoms with Gasteiger partial charge in [0, 0.05) is 11.4 Å². The highest BCUT2D eigenvalue weighted by Crippen LogP contribution is 2.15. The molecule has 0 saturated heterocycles. The molecular weight excluding hydrogens is 186 g/mol. The third-order valence-corrected chi connectivity index (χ3v) is 2.47. The number of hydrogen-bond acceptors (Lipinski definition) is 3. The van der Waals surface area contributed by atoms with Gasteiger partial charge < -0.3 is 10.4 Å². The number of hydrogen-bond donors (Lipinski definition) is 2. The van der Waals surface area contributed by atoms with Crippen LogP contribution in [-0.2, 0) is 6.54 Å². The molecule has 0 saturated carbocycles. The largest absolute Gasteiger partial charge is 0.477 e. The van der Waals surface area contributed by atoms with Crippen LogP contribution in [0.4, 0.5) is 0 Å². The Labute approximate surface area is 80.4 Å². The zero-order valence-electron chi connectivity index (χ0n) is 6.91. The maximum Gasteiger partial charge on any atom is 0.345 e. The van der Waals surface area contributed by atoms with Crippen molar-refractivity contribution < 1.29 is 9.90 Å². The van der Waals surface area contributed by atoms with E-state index in [4.69, 9.17) is 11.5 Å².